The minimum absolute atomic E-state index is 0.370. The molecule has 25 N–H and O–H groups in total. The first-order valence-corrected chi connectivity index (χ1v) is 32.4. The second-order valence-corrected chi connectivity index (χ2v) is 25.7. The lowest BCUT2D eigenvalue weighted by molar-refractivity contribution is -0.390. The van der Waals surface area contributed by atoms with Crippen LogP contribution in [0.4, 0.5) is 0 Å². The highest BCUT2D eigenvalue weighted by molar-refractivity contribution is 7.83. The summed E-state index contributed by atoms with van der Waals surface area (Å²) in [4.78, 5) is 50.3. The first-order chi connectivity index (χ1) is 46.7. The molecule has 1 amide bonds. The summed E-state index contributed by atoms with van der Waals surface area (Å²) in [6.45, 7) is -4.66. The molecular weight excluding hydrogens is 1430 g/mol. The second kappa shape index (κ2) is 33.5. The van der Waals surface area contributed by atoms with Crippen LogP contribution in [-0.4, -0.2) is 417 Å². The third-order valence-corrected chi connectivity index (χ3v) is 17.7. The molecule has 0 aliphatic carbocycles. The first-order valence-electron chi connectivity index (χ1n) is 29.6. The minimum Gasteiger partial charge on any atom is -0.479 e. The topological polar surface area (TPSA) is 774 Å². The Hall–Kier alpha value is -4.12. The van der Waals surface area contributed by atoms with Gasteiger partial charge >= 0.3 is 38.6 Å². The molecule has 8 heterocycles. The van der Waals surface area contributed by atoms with Crippen LogP contribution in [0.15, 0.2) is 11.8 Å². The Morgan fingerprint density at radius 1 is 0.450 bits per heavy atom. The lowest BCUT2D eigenvalue weighted by Gasteiger charge is -2.50. The van der Waals surface area contributed by atoms with Gasteiger partial charge in [-0.15, -0.1) is 0 Å². The molecule has 0 saturated carbocycles. The minimum atomic E-state index is -5.61. The summed E-state index contributed by atoms with van der Waals surface area (Å²) in [6, 6.07) is -4.68. The van der Waals surface area contributed by atoms with Gasteiger partial charge in [0.05, 0.1) is 33.0 Å². The summed E-state index contributed by atoms with van der Waals surface area (Å²) >= 11 is 0. The van der Waals surface area contributed by atoms with Gasteiger partial charge in [-0.2, -0.15) is 21.6 Å². The number of carboxylic acid groups (broad SMARTS) is 3. The highest BCUT2D eigenvalue weighted by atomic mass is 32.3. The van der Waals surface area contributed by atoms with E-state index in [-0.39, 0.29) is 0 Å². The molecule has 7 saturated heterocycles. The van der Waals surface area contributed by atoms with Crippen molar-refractivity contribution >= 4 is 44.5 Å². The summed E-state index contributed by atoms with van der Waals surface area (Å²) in [5, 5.41) is 229. The van der Waals surface area contributed by atoms with Gasteiger partial charge in [-0.05, 0) is 6.08 Å². The highest BCUT2D eigenvalue weighted by Gasteiger charge is 2.61. The fourth-order valence-corrected chi connectivity index (χ4v) is 12.8. The number of rotatable bonds is 26. The van der Waals surface area contributed by atoms with Gasteiger partial charge in [0, 0.05) is 6.92 Å². The molecule has 0 spiro atoms. The van der Waals surface area contributed by atoms with Gasteiger partial charge in [0.25, 0.3) is 0 Å². The number of aliphatic hydroxyl groups excluding tert-OH is 18. The SMILES string of the molecule is CC(=O)N[C@H]1[C@@H](O[C@H]2[C@H](O)[C@@H](O)[C@H](O[C@H]3[C@@H](O)[C@@H](CO)O[C@@H](O[C@H]4[C@@H](O)[C@@H](CO)O[C@@H](O[C@@H]5CO[C@@H](O)[C@H](O)[C@H]5O)[C@@H]4O)[C@@H]3O)O[C@@H]2C(=O)O)O[C@H](CO)[C@@H](O[C@@H]2O[C@H](C(=O)O)[C@@H](O[C@H]3O[C@H](CO)[C@@H](O[C@@H]4OC(C(=O)O)=C[C@H](O)[C@H]4OS(=O)(=O)O)[C@H](O)[C@H]3NS(=O)(=O)O)[C@H](O)[C@H]2O)[C@@H]1O. The molecule has 49 nitrogen and oxygen atoms in total. The maximum absolute atomic E-state index is 13.0. The molecule has 51 heteroatoms. The van der Waals surface area contributed by atoms with Crippen molar-refractivity contribution in [1.29, 1.82) is 0 Å². The van der Waals surface area contributed by atoms with Gasteiger partial charge < -0.3 is 184 Å². The molecule has 576 valence electrons. The van der Waals surface area contributed by atoms with Crippen LogP contribution in [0.2, 0.25) is 0 Å². The third-order valence-electron chi connectivity index (χ3n) is 16.7. The van der Waals surface area contributed by atoms with Crippen molar-refractivity contribution in [3.63, 3.8) is 0 Å². The number of ether oxygens (including phenoxy) is 15. The van der Waals surface area contributed by atoms with E-state index in [0.29, 0.717) is 6.08 Å². The zero-order valence-corrected chi connectivity index (χ0v) is 52.5. The summed E-state index contributed by atoms with van der Waals surface area (Å²) in [5.74, 6) is -8.41. The van der Waals surface area contributed by atoms with E-state index >= 15 is 0 Å². The van der Waals surface area contributed by atoms with Crippen LogP contribution in [0.1, 0.15) is 6.92 Å². The van der Waals surface area contributed by atoms with Crippen LogP contribution >= 0.6 is 0 Å². The molecule has 100 heavy (non-hydrogen) atoms. The largest absolute Gasteiger partial charge is 0.479 e. The van der Waals surface area contributed by atoms with E-state index in [9.17, 15) is 152 Å². The predicted octanol–water partition coefficient (Wildman–Crippen LogP) is -17.0. The third kappa shape index (κ3) is 18.2. The molecule has 8 rings (SSSR count). The van der Waals surface area contributed by atoms with Crippen molar-refractivity contribution in [3.8, 4) is 0 Å². The quantitative estimate of drug-likeness (QED) is 0.0358. The molecule has 7 fully saturated rings. The lowest BCUT2D eigenvalue weighted by atomic mass is 9.94. The smallest absolute Gasteiger partial charge is 0.397 e. The second-order valence-electron chi connectivity index (χ2n) is 23.5. The van der Waals surface area contributed by atoms with E-state index in [2.05, 4.69) is 9.50 Å². The molecule has 0 radical (unpaired) electrons. The number of carbonyl (C=O) groups is 4. The Bertz CT molecular complexity index is 3040. The number of aliphatic carboxylic acids is 3. The zero-order valence-electron chi connectivity index (χ0n) is 50.9. The molecule has 0 aromatic rings. The van der Waals surface area contributed by atoms with Crippen LogP contribution in [0.3, 0.4) is 0 Å². The van der Waals surface area contributed by atoms with Crippen LogP contribution in [0, 0.1) is 0 Å². The van der Waals surface area contributed by atoms with Crippen LogP contribution in [0.25, 0.3) is 0 Å². The number of nitrogens with one attached hydrogen (secondary N) is 2. The molecule has 0 aromatic heterocycles. The standard InChI is InChI=1S/C49H76N2O47S2/c1-8(56)50-16-21(61)31(90-45-26(66)23(63)36(38(96-45)41(74)75)95-44-17(51-99(77,78)79)22(62)32(14(6-55)88-44)91-49-30(98-100(80,81)82)9(57)2-10(84-49)39(70)71)13(5-54)87-43(16)94-35-24(64)27(67)46(97-37(35)40(72)73)92-34-20(60)12(4-53)86-48(29(34)69)93-33-19(59)11(3-52)85-47(28(33)68)89-15-7-83-42(76)25(65)18(15)58/h2,9,11-38,42-49,51-55,57-69,76H,3-7H2,1H3,(H,50,56)(H,70,71)(H,72,73)(H,74,75)(H,77,78,79)(H,80,81,82)/t9-,11+,12+,13+,14+,15+,16+,17+,18-,19-,20-,21+,22+,23+,24+,25+,26+,27+,28+,29+,30+,31+,32+,33-,34-,35-,36-,37-,38-,42+,43+,44+,45+,46+,47-,48-,49-/m0/s1. The van der Waals surface area contributed by atoms with E-state index in [1.54, 1.807) is 0 Å². The molecule has 0 unspecified atom stereocenters. The van der Waals surface area contributed by atoms with Crippen molar-refractivity contribution in [1.82, 2.24) is 10.0 Å². The van der Waals surface area contributed by atoms with Crippen molar-refractivity contribution in [2.45, 2.75) is 234 Å². The van der Waals surface area contributed by atoms with Gasteiger partial charge in [0.1, 0.15) is 159 Å². The summed E-state index contributed by atoms with van der Waals surface area (Å²) < 4.78 is 155. The molecule has 8 aliphatic heterocycles. The Morgan fingerprint density at radius 3 is 1.27 bits per heavy atom. The normalized spacial score (nSPS) is 46.7. The molecule has 8 aliphatic rings. The predicted molar refractivity (Wildman–Crippen MR) is 293 cm³/mol. The highest BCUT2D eigenvalue weighted by Crippen LogP contribution is 2.39. The van der Waals surface area contributed by atoms with Gasteiger partial charge in [-0.25, -0.2) is 18.6 Å². The first kappa shape index (κ1) is 81.5. The van der Waals surface area contributed by atoms with Gasteiger partial charge in [-0.1, -0.05) is 0 Å². The Labute approximate surface area is 559 Å². The molecule has 0 bridgehead atoms. The Morgan fingerprint density at radius 2 is 0.850 bits per heavy atom. The summed E-state index contributed by atoms with van der Waals surface area (Å²) in [7, 11) is -11.2. The number of hydrogen-bond donors (Lipinski definition) is 25. The Balaban J connectivity index is 0.959. The van der Waals surface area contributed by atoms with Gasteiger partial charge in [0.2, 0.25) is 18.0 Å². The van der Waals surface area contributed by atoms with Crippen molar-refractivity contribution in [3.05, 3.63) is 11.8 Å². The van der Waals surface area contributed by atoms with E-state index in [1.807, 2.05) is 0 Å². The van der Waals surface area contributed by atoms with E-state index in [4.69, 9.17) is 71.1 Å². The van der Waals surface area contributed by atoms with Gasteiger partial charge in [0.15, 0.2) is 62.3 Å². The van der Waals surface area contributed by atoms with E-state index in [1.165, 1.54) is 4.72 Å². The average Bonchev–Trinajstić information content (AvgIpc) is 0.771. The molecule has 0 aromatic carbocycles. The summed E-state index contributed by atoms with van der Waals surface area (Å²) in [5.41, 5.74) is 0. The van der Waals surface area contributed by atoms with Crippen LogP contribution < -0.4 is 10.0 Å². The fraction of sp³-hybridized carbons (Fsp3) is 0.878. The number of aliphatic hydroxyl groups is 18. The lowest BCUT2D eigenvalue weighted by Crippen LogP contribution is -2.71. The van der Waals surface area contributed by atoms with Crippen molar-refractivity contribution in [2.24, 2.45) is 0 Å². The number of carboxylic acids is 3. The zero-order chi connectivity index (χ0) is 74.2. The van der Waals surface area contributed by atoms with Crippen molar-refractivity contribution in [2.75, 3.05) is 33.0 Å². The maximum atomic E-state index is 13.0. The van der Waals surface area contributed by atoms with Crippen LogP contribution in [-0.2, 0) is 115 Å². The van der Waals surface area contributed by atoms with Gasteiger partial charge in [-0.3, -0.25) is 13.9 Å². The van der Waals surface area contributed by atoms with Crippen molar-refractivity contribution < 1.29 is 228 Å². The maximum Gasteiger partial charge on any atom is 0.397 e. The van der Waals surface area contributed by atoms with Crippen LogP contribution in [0.5, 0.6) is 0 Å². The van der Waals surface area contributed by atoms with E-state index < -0.39 is 311 Å². The molecular formula is C49H76N2O47S2. The number of carbonyl (C=O) groups excluding carboxylic acids is 1. The number of amides is 1. The Kier molecular flexibility index (Phi) is 27.4. The number of hydrogen-bond acceptors (Lipinski definition) is 42. The summed E-state index contributed by atoms with van der Waals surface area (Å²) in [6.07, 6.45) is -79.7. The molecule has 37 atom stereocenters. The monoisotopic (exact) mass is 1510 g/mol. The van der Waals surface area contributed by atoms with E-state index in [0.717, 1.165) is 6.92 Å². The fourth-order valence-electron chi connectivity index (χ4n) is 11.8. The average molecular weight is 1510 g/mol.